The molecule has 8 heteroatoms. The van der Waals surface area contributed by atoms with E-state index in [1.54, 1.807) is 0 Å². The van der Waals surface area contributed by atoms with Crippen molar-refractivity contribution >= 4 is 0 Å². The third kappa shape index (κ3) is 2.42. The molecule has 0 saturated heterocycles. The van der Waals surface area contributed by atoms with Crippen molar-refractivity contribution in [3.05, 3.63) is 23.5 Å². The van der Waals surface area contributed by atoms with Crippen molar-refractivity contribution in [3.8, 4) is 17.2 Å². The van der Waals surface area contributed by atoms with Gasteiger partial charge >= 0.3 is 0 Å². The Morgan fingerprint density at radius 3 is 2.65 bits per heavy atom. The first kappa shape index (κ1) is 11.1. The highest BCUT2D eigenvalue weighted by Gasteiger charge is 2.10. The maximum Gasteiger partial charge on any atom is 0.200 e. The molecule has 0 amide bonds. The number of rotatable bonds is 4. The molecule has 2 rings (SSSR count). The highest BCUT2D eigenvalue weighted by Crippen LogP contribution is 2.36. The average Bonchev–Trinajstić information content (AvgIpc) is 2.82. The highest BCUT2D eigenvalue weighted by atomic mass is 16.3. The molecule has 0 aliphatic carbocycles. The normalized spacial score (nSPS) is 10.6. The molecule has 5 N–H and O–H groups in total. The van der Waals surface area contributed by atoms with E-state index in [2.05, 4.69) is 25.9 Å². The number of hydrogen-bond acceptors (Lipinski definition) is 7. The van der Waals surface area contributed by atoms with Crippen LogP contribution in [-0.4, -0.2) is 35.9 Å². The third-order valence-corrected chi connectivity index (χ3v) is 2.20. The average molecular weight is 237 g/mol. The van der Waals surface area contributed by atoms with Crippen molar-refractivity contribution in [2.75, 3.05) is 0 Å². The SMILES string of the molecule is Oc1ccc(CNCc2nn[nH]n2)c(O)c1O. The predicted octanol–water partition coefficient (Wildman–Crippen LogP) is -0.394. The summed E-state index contributed by atoms with van der Waals surface area (Å²) in [6, 6.07) is 2.81. The lowest BCUT2D eigenvalue weighted by molar-refractivity contribution is 0.364. The lowest BCUT2D eigenvalue weighted by atomic mass is 10.1. The van der Waals surface area contributed by atoms with Gasteiger partial charge in [-0.1, -0.05) is 11.3 Å². The molecule has 0 spiro atoms. The smallest absolute Gasteiger partial charge is 0.200 e. The fourth-order valence-electron chi connectivity index (χ4n) is 1.32. The molecule has 0 unspecified atom stereocenters. The Bertz CT molecular complexity index is 500. The van der Waals surface area contributed by atoms with Gasteiger partial charge < -0.3 is 20.6 Å². The molecule has 0 aliphatic rings. The first-order valence-electron chi connectivity index (χ1n) is 4.84. The molecule has 1 aromatic heterocycles. The Morgan fingerprint density at radius 1 is 1.12 bits per heavy atom. The van der Waals surface area contributed by atoms with Crippen molar-refractivity contribution in [3.63, 3.8) is 0 Å². The number of H-pyrrole nitrogens is 1. The zero-order valence-corrected chi connectivity index (χ0v) is 8.75. The second-order valence-corrected chi connectivity index (χ2v) is 3.37. The van der Waals surface area contributed by atoms with Gasteiger partial charge in [0.25, 0.3) is 0 Å². The zero-order chi connectivity index (χ0) is 12.3. The summed E-state index contributed by atoms with van der Waals surface area (Å²) < 4.78 is 0. The van der Waals surface area contributed by atoms with Gasteiger partial charge in [0.05, 0.1) is 6.54 Å². The number of nitrogens with one attached hydrogen (secondary N) is 2. The molecule has 90 valence electrons. The van der Waals surface area contributed by atoms with Crippen LogP contribution in [0.3, 0.4) is 0 Å². The van der Waals surface area contributed by atoms with Gasteiger partial charge in [-0.15, -0.1) is 10.2 Å². The van der Waals surface area contributed by atoms with Crippen molar-refractivity contribution in [2.45, 2.75) is 13.1 Å². The van der Waals surface area contributed by atoms with Gasteiger partial charge in [0, 0.05) is 12.1 Å². The van der Waals surface area contributed by atoms with Gasteiger partial charge in [-0.2, -0.15) is 5.21 Å². The summed E-state index contributed by atoms with van der Waals surface area (Å²) in [6.45, 7) is 0.672. The number of phenols is 3. The second-order valence-electron chi connectivity index (χ2n) is 3.37. The number of aromatic amines is 1. The largest absolute Gasteiger partial charge is 0.504 e. The number of phenolic OH excluding ortho intramolecular Hbond substituents is 3. The van der Waals surface area contributed by atoms with Gasteiger partial charge in [-0.3, -0.25) is 0 Å². The maximum atomic E-state index is 9.54. The van der Waals surface area contributed by atoms with Crippen molar-refractivity contribution in [2.24, 2.45) is 0 Å². The van der Waals surface area contributed by atoms with E-state index in [9.17, 15) is 10.2 Å². The van der Waals surface area contributed by atoms with Crippen LogP contribution in [0.5, 0.6) is 17.2 Å². The van der Waals surface area contributed by atoms with E-state index in [-0.39, 0.29) is 11.5 Å². The van der Waals surface area contributed by atoms with Crippen LogP contribution < -0.4 is 5.32 Å². The Hall–Kier alpha value is -2.35. The summed E-state index contributed by atoms with van der Waals surface area (Å²) in [5, 5.41) is 44.1. The van der Waals surface area contributed by atoms with Crippen LogP contribution in [-0.2, 0) is 13.1 Å². The van der Waals surface area contributed by atoms with Crippen LogP contribution in [0.25, 0.3) is 0 Å². The number of aromatic nitrogens is 4. The molecule has 0 atom stereocenters. The number of benzene rings is 1. The van der Waals surface area contributed by atoms with E-state index >= 15 is 0 Å². The third-order valence-electron chi connectivity index (χ3n) is 2.20. The molecule has 0 radical (unpaired) electrons. The number of nitrogens with zero attached hydrogens (tertiary/aromatic N) is 3. The Kier molecular flexibility index (Phi) is 3.06. The van der Waals surface area contributed by atoms with E-state index in [0.717, 1.165) is 0 Å². The van der Waals surface area contributed by atoms with Crippen LogP contribution >= 0.6 is 0 Å². The first-order chi connectivity index (χ1) is 8.18. The zero-order valence-electron chi connectivity index (χ0n) is 8.75. The van der Waals surface area contributed by atoms with Crippen molar-refractivity contribution < 1.29 is 15.3 Å². The maximum absolute atomic E-state index is 9.54. The molecule has 0 fully saturated rings. The summed E-state index contributed by atoms with van der Waals surface area (Å²) >= 11 is 0. The Morgan fingerprint density at radius 2 is 1.94 bits per heavy atom. The standard InChI is InChI=1S/C9H11N5O3/c15-6-2-1-5(8(16)9(6)17)3-10-4-7-11-13-14-12-7/h1-2,10,15-17H,3-4H2,(H,11,12,13,14). The van der Waals surface area contributed by atoms with Crippen LogP contribution in [0.15, 0.2) is 12.1 Å². The molecular formula is C9H11N5O3. The topological polar surface area (TPSA) is 127 Å². The van der Waals surface area contributed by atoms with E-state index in [0.29, 0.717) is 24.5 Å². The summed E-state index contributed by atoms with van der Waals surface area (Å²) in [4.78, 5) is 0. The summed E-state index contributed by atoms with van der Waals surface area (Å²) in [5.74, 6) is -0.730. The highest BCUT2D eigenvalue weighted by molar-refractivity contribution is 5.52. The van der Waals surface area contributed by atoms with E-state index in [4.69, 9.17) is 5.11 Å². The summed E-state index contributed by atoms with van der Waals surface area (Å²) in [7, 11) is 0. The van der Waals surface area contributed by atoms with E-state index < -0.39 is 5.75 Å². The van der Waals surface area contributed by atoms with E-state index in [1.807, 2.05) is 0 Å². The fraction of sp³-hybridized carbons (Fsp3) is 0.222. The summed E-state index contributed by atoms with van der Waals surface area (Å²) in [5.41, 5.74) is 0.462. The Balaban J connectivity index is 1.97. The minimum Gasteiger partial charge on any atom is -0.504 e. The number of aromatic hydroxyl groups is 3. The Labute approximate surface area is 95.9 Å². The minimum atomic E-state index is -0.524. The molecule has 1 heterocycles. The molecule has 0 aliphatic heterocycles. The van der Waals surface area contributed by atoms with Gasteiger partial charge in [0.2, 0.25) is 5.75 Å². The first-order valence-corrected chi connectivity index (χ1v) is 4.84. The molecule has 0 bridgehead atoms. The quantitative estimate of drug-likeness (QED) is 0.458. The fourth-order valence-corrected chi connectivity index (χ4v) is 1.32. The van der Waals surface area contributed by atoms with Crippen molar-refractivity contribution in [1.29, 1.82) is 0 Å². The predicted molar refractivity (Wildman–Crippen MR) is 56.2 cm³/mol. The van der Waals surface area contributed by atoms with Crippen LogP contribution in [0.2, 0.25) is 0 Å². The van der Waals surface area contributed by atoms with Crippen LogP contribution in [0.4, 0.5) is 0 Å². The lowest BCUT2D eigenvalue weighted by Gasteiger charge is -2.07. The second kappa shape index (κ2) is 4.66. The number of tetrazole rings is 1. The lowest BCUT2D eigenvalue weighted by Crippen LogP contribution is -2.13. The molecule has 0 saturated carbocycles. The number of hydrogen-bond donors (Lipinski definition) is 5. The van der Waals surface area contributed by atoms with Gasteiger partial charge in [0.1, 0.15) is 0 Å². The minimum absolute atomic E-state index is 0.300. The molecular weight excluding hydrogens is 226 g/mol. The molecule has 1 aromatic carbocycles. The van der Waals surface area contributed by atoms with Crippen LogP contribution in [0, 0.1) is 0 Å². The summed E-state index contributed by atoms with van der Waals surface area (Å²) in [6.07, 6.45) is 0. The molecule has 17 heavy (non-hydrogen) atoms. The van der Waals surface area contributed by atoms with Crippen LogP contribution in [0.1, 0.15) is 11.4 Å². The monoisotopic (exact) mass is 237 g/mol. The van der Waals surface area contributed by atoms with Gasteiger partial charge in [-0.05, 0) is 6.07 Å². The van der Waals surface area contributed by atoms with Gasteiger partial charge in [0.15, 0.2) is 17.3 Å². The van der Waals surface area contributed by atoms with Gasteiger partial charge in [-0.25, -0.2) is 0 Å². The van der Waals surface area contributed by atoms with E-state index in [1.165, 1.54) is 12.1 Å². The van der Waals surface area contributed by atoms with Crippen molar-refractivity contribution in [1.82, 2.24) is 25.9 Å². The molecule has 8 nitrogen and oxygen atoms in total. The molecule has 2 aromatic rings.